The summed E-state index contributed by atoms with van der Waals surface area (Å²) in [6, 6.07) is 8.46. The van der Waals surface area contributed by atoms with Crippen LogP contribution in [-0.2, 0) is 6.42 Å². The molecule has 0 saturated carbocycles. The Morgan fingerprint density at radius 3 is 2.55 bits per heavy atom. The second-order valence-corrected chi connectivity index (χ2v) is 5.41. The molecule has 0 aliphatic rings. The summed E-state index contributed by atoms with van der Waals surface area (Å²) in [5.41, 5.74) is 7.37. The first-order chi connectivity index (χ1) is 9.55. The molecule has 0 aliphatic heterocycles. The van der Waals surface area contributed by atoms with Gasteiger partial charge in [0, 0.05) is 6.07 Å². The number of rotatable bonds is 4. The first-order valence-electron chi connectivity index (χ1n) is 6.14. The van der Waals surface area contributed by atoms with Crippen LogP contribution in [0.25, 0.3) is 0 Å². The van der Waals surface area contributed by atoms with Crippen molar-refractivity contribution in [1.29, 1.82) is 0 Å². The molecule has 2 N–H and O–H groups in total. The van der Waals surface area contributed by atoms with Gasteiger partial charge in [0.25, 0.3) is 0 Å². The zero-order valence-corrected chi connectivity index (χ0v) is 13.4. The Morgan fingerprint density at radius 2 is 1.90 bits per heavy atom. The molecule has 0 fully saturated rings. The molecule has 5 heteroatoms. The molecule has 20 heavy (non-hydrogen) atoms. The topological polar surface area (TPSA) is 44.5 Å². The average Bonchev–Trinajstić information content (AvgIpc) is 2.45. The van der Waals surface area contributed by atoms with E-state index in [-0.39, 0.29) is 11.6 Å². The third-order valence-corrected chi connectivity index (χ3v) is 3.74. The molecule has 0 radical (unpaired) electrons. The molecule has 0 amide bonds. The Balaban J connectivity index is 2.37. The van der Waals surface area contributed by atoms with E-state index in [0.717, 1.165) is 12.0 Å². The van der Waals surface area contributed by atoms with Gasteiger partial charge in [-0.2, -0.15) is 0 Å². The Labute approximate surface area is 131 Å². The minimum absolute atomic E-state index is 0.283. The van der Waals surface area contributed by atoms with Gasteiger partial charge in [-0.05, 0) is 52.8 Å². The van der Waals surface area contributed by atoms with Crippen LogP contribution in [0.1, 0.15) is 12.5 Å². The molecule has 0 atom stereocenters. The Hall–Kier alpha value is -1.50. The highest BCUT2D eigenvalue weighted by atomic mass is 127. The SMILES string of the molecule is CCc1ccc(Oc2cc(F)c(I)cc2N)c(OC)c1. The lowest BCUT2D eigenvalue weighted by atomic mass is 10.1. The van der Waals surface area contributed by atoms with E-state index >= 15 is 0 Å². The Bertz CT molecular complexity index is 632. The maximum absolute atomic E-state index is 13.6. The molecular weight excluding hydrogens is 372 g/mol. The molecule has 106 valence electrons. The largest absolute Gasteiger partial charge is 0.493 e. The third-order valence-electron chi connectivity index (χ3n) is 2.91. The minimum atomic E-state index is -0.362. The second-order valence-electron chi connectivity index (χ2n) is 4.24. The van der Waals surface area contributed by atoms with Gasteiger partial charge in [0.1, 0.15) is 5.82 Å². The first-order valence-corrected chi connectivity index (χ1v) is 7.22. The summed E-state index contributed by atoms with van der Waals surface area (Å²) >= 11 is 1.89. The number of halogens is 2. The fourth-order valence-electron chi connectivity index (χ4n) is 1.77. The van der Waals surface area contributed by atoms with Crippen molar-refractivity contribution in [2.45, 2.75) is 13.3 Å². The number of aryl methyl sites for hydroxylation is 1. The van der Waals surface area contributed by atoms with Crippen LogP contribution >= 0.6 is 22.6 Å². The van der Waals surface area contributed by atoms with Crippen molar-refractivity contribution in [3.8, 4) is 17.2 Å². The van der Waals surface area contributed by atoms with E-state index in [2.05, 4.69) is 6.92 Å². The zero-order valence-electron chi connectivity index (χ0n) is 11.2. The van der Waals surface area contributed by atoms with E-state index < -0.39 is 0 Å². The van der Waals surface area contributed by atoms with Crippen molar-refractivity contribution in [2.24, 2.45) is 0 Å². The van der Waals surface area contributed by atoms with Crippen molar-refractivity contribution in [1.82, 2.24) is 0 Å². The lowest BCUT2D eigenvalue weighted by molar-refractivity contribution is 0.378. The Morgan fingerprint density at radius 1 is 1.15 bits per heavy atom. The lowest BCUT2D eigenvalue weighted by Gasteiger charge is -2.13. The summed E-state index contributed by atoms with van der Waals surface area (Å²) in [4.78, 5) is 0. The highest BCUT2D eigenvalue weighted by molar-refractivity contribution is 14.1. The van der Waals surface area contributed by atoms with Crippen LogP contribution in [0.5, 0.6) is 17.2 Å². The minimum Gasteiger partial charge on any atom is -0.493 e. The van der Waals surface area contributed by atoms with Crippen molar-refractivity contribution in [3.05, 3.63) is 45.3 Å². The standard InChI is InChI=1S/C15H15FINO2/c1-3-9-4-5-13(15(6-9)19-2)20-14-7-10(16)11(17)8-12(14)18/h4-8H,3,18H2,1-2H3. The summed E-state index contributed by atoms with van der Waals surface area (Å²) in [5, 5.41) is 0. The van der Waals surface area contributed by atoms with E-state index in [1.165, 1.54) is 12.1 Å². The first kappa shape index (κ1) is 14.9. The normalized spacial score (nSPS) is 10.4. The molecule has 0 saturated heterocycles. The van der Waals surface area contributed by atoms with Crippen molar-refractivity contribution in [3.63, 3.8) is 0 Å². The molecule has 3 nitrogen and oxygen atoms in total. The fourth-order valence-corrected chi connectivity index (χ4v) is 2.26. The molecular formula is C15H15FINO2. The maximum atomic E-state index is 13.6. The number of nitrogens with two attached hydrogens (primary N) is 1. The van der Waals surface area contributed by atoms with Crippen molar-refractivity contribution >= 4 is 28.3 Å². The van der Waals surface area contributed by atoms with E-state index in [9.17, 15) is 4.39 Å². The molecule has 0 aromatic heterocycles. The highest BCUT2D eigenvalue weighted by Gasteiger charge is 2.11. The highest BCUT2D eigenvalue weighted by Crippen LogP contribution is 2.36. The van der Waals surface area contributed by atoms with Gasteiger partial charge in [-0.25, -0.2) is 4.39 Å². The molecule has 0 spiro atoms. The maximum Gasteiger partial charge on any atom is 0.169 e. The van der Waals surface area contributed by atoms with Gasteiger partial charge in [0.05, 0.1) is 16.4 Å². The number of ether oxygens (including phenoxy) is 2. The van der Waals surface area contributed by atoms with Gasteiger partial charge in [-0.3, -0.25) is 0 Å². The molecule has 0 heterocycles. The predicted octanol–water partition coefficient (Wildman–Crippen LogP) is 4.38. The van der Waals surface area contributed by atoms with E-state index in [4.69, 9.17) is 15.2 Å². The monoisotopic (exact) mass is 387 g/mol. The van der Waals surface area contributed by atoms with Gasteiger partial charge >= 0.3 is 0 Å². The van der Waals surface area contributed by atoms with Crippen LogP contribution < -0.4 is 15.2 Å². The number of benzene rings is 2. The number of hydrogen-bond donors (Lipinski definition) is 1. The number of hydrogen-bond acceptors (Lipinski definition) is 3. The Kier molecular flexibility index (Phi) is 4.69. The lowest BCUT2D eigenvalue weighted by Crippen LogP contribution is -1.97. The van der Waals surface area contributed by atoms with Crippen LogP contribution in [0.4, 0.5) is 10.1 Å². The quantitative estimate of drug-likeness (QED) is 0.626. The molecule has 2 aromatic carbocycles. The molecule has 0 unspecified atom stereocenters. The van der Waals surface area contributed by atoms with E-state index in [0.29, 0.717) is 20.8 Å². The van der Waals surface area contributed by atoms with Gasteiger partial charge in [-0.1, -0.05) is 13.0 Å². The van der Waals surface area contributed by atoms with Crippen LogP contribution in [0.15, 0.2) is 30.3 Å². The third kappa shape index (κ3) is 3.15. The second kappa shape index (κ2) is 6.30. The van der Waals surface area contributed by atoms with Crippen LogP contribution in [0, 0.1) is 9.39 Å². The predicted molar refractivity (Wildman–Crippen MR) is 86.0 cm³/mol. The van der Waals surface area contributed by atoms with Gasteiger partial charge in [-0.15, -0.1) is 0 Å². The number of anilines is 1. The van der Waals surface area contributed by atoms with Gasteiger partial charge in [0.2, 0.25) is 0 Å². The average molecular weight is 387 g/mol. The van der Waals surface area contributed by atoms with Crippen molar-refractivity contribution < 1.29 is 13.9 Å². The van der Waals surface area contributed by atoms with Crippen LogP contribution in [0.2, 0.25) is 0 Å². The van der Waals surface area contributed by atoms with Crippen LogP contribution in [-0.4, -0.2) is 7.11 Å². The molecule has 2 rings (SSSR count). The smallest absolute Gasteiger partial charge is 0.169 e. The number of nitrogen functional groups attached to an aromatic ring is 1. The summed E-state index contributed by atoms with van der Waals surface area (Å²) in [7, 11) is 1.57. The summed E-state index contributed by atoms with van der Waals surface area (Å²) < 4.78 is 25.0. The molecule has 2 aromatic rings. The summed E-state index contributed by atoms with van der Waals surface area (Å²) in [5.74, 6) is 1.03. The molecule has 0 bridgehead atoms. The summed E-state index contributed by atoms with van der Waals surface area (Å²) in [6.45, 7) is 2.06. The van der Waals surface area contributed by atoms with Gasteiger partial charge in [0.15, 0.2) is 17.2 Å². The number of methoxy groups -OCH3 is 1. The van der Waals surface area contributed by atoms with E-state index in [1.807, 2.05) is 34.7 Å². The van der Waals surface area contributed by atoms with Gasteiger partial charge < -0.3 is 15.2 Å². The van der Waals surface area contributed by atoms with Crippen LogP contribution in [0.3, 0.4) is 0 Å². The zero-order chi connectivity index (χ0) is 14.7. The van der Waals surface area contributed by atoms with E-state index in [1.54, 1.807) is 13.2 Å². The molecule has 0 aliphatic carbocycles. The fraction of sp³-hybridized carbons (Fsp3) is 0.200. The summed E-state index contributed by atoms with van der Waals surface area (Å²) in [6.07, 6.45) is 0.900. The van der Waals surface area contributed by atoms with Crippen molar-refractivity contribution in [2.75, 3.05) is 12.8 Å².